The average molecular weight is 287 g/mol. The molecule has 1 atom stereocenters. The number of aliphatic hydroxyl groups excluding tert-OH is 1. The third-order valence-corrected chi connectivity index (χ3v) is 2.63. The SMILES string of the molecule is NC(=O)CCCNCC(O)COc1cccc(Cl)c1. The first kappa shape index (κ1) is 15.8. The van der Waals surface area contributed by atoms with Crippen LogP contribution in [-0.4, -0.2) is 36.8 Å². The molecule has 0 aliphatic heterocycles. The Balaban J connectivity index is 2.11. The molecule has 0 radical (unpaired) electrons. The van der Waals surface area contributed by atoms with Crippen LogP contribution in [0.1, 0.15) is 12.8 Å². The summed E-state index contributed by atoms with van der Waals surface area (Å²) in [4.78, 5) is 10.5. The molecule has 0 bridgehead atoms. The summed E-state index contributed by atoms with van der Waals surface area (Å²) in [5, 5.41) is 13.3. The second kappa shape index (κ2) is 8.74. The van der Waals surface area contributed by atoms with Gasteiger partial charge in [0.15, 0.2) is 0 Å². The van der Waals surface area contributed by atoms with E-state index in [1.54, 1.807) is 24.3 Å². The predicted molar refractivity (Wildman–Crippen MR) is 74.3 cm³/mol. The summed E-state index contributed by atoms with van der Waals surface area (Å²) in [5.41, 5.74) is 5.01. The van der Waals surface area contributed by atoms with E-state index in [4.69, 9.17) is 22.1 Å². The molecule has 1 rings (SSSR count). The summed E-state index contributed by atoms with van der Waals surface area (Å²) in [6.45, 7) is 1.22. The molecule has 106 valence electrons. The molecule has 1 aromatic rings. The van der Waals surface area contributed by atoms with Gasteiger partial charge >= 0.3 is 0 Å². The number of ether oxygens (including phenoxy) is 1. The fraction of sp³-hybridized carbons (Fsp3) is 0.462. The Morgan fingerprint density at radius 2 is 2.32 bits per heavy atom. The number of aliphatic hydroxyl groups is 1. The number of carbonyl (C=O) groups is 1. The van der Waals surface area contributed by atoms with Crippen molar-refractivity contribution in [3.63, 3.8) is 0 Å². The van der Waals surface area contributed by atoms with E-state index in [1.165, 1.54) is 0 Å². The fourth-order valence-electron chi connectivity index (χ4n) is 1.46. The van der Waals surface area contributed by atoms with E-state index in [-0.39, 0.29) is 12.5 Å². The molecule has 0 aliphatic carbocycles. The third-order valence-electron chi connectivity index (χ3n) is 2.40. The number of hydrogen-bond acceptors (Lipinski definition) is 4. The van der Waals surface area contributed by atoms with Crippen molar-refractivity contribution in [3.8, 4) is 5.75 Å². The molecular formula is C13H19ClN2O3. The van der Waals surface area contributed by atoms with Crippen LogP contribution >= 0.6 is 11.6 Å². The van der Waals surface area contributed by atoms with E-state index in [9.17, 15) is 9.90 Å². The van der Waals surface area contributed by atoms with Crippen molar-refractivity contribution in [2.45, 2.75) is 18.9 Å². The monoisotopic (exact) mass is 286 g/mol. The standard InChI is InChI=1S/C13H19ClN2O3/c14-10-3-1-4-12(7-10)19-9-11(17)8-16-6-2-5-13(15)18/h1,3-4,7,11,16-17H,2,5-6,8-9H2,(H2,15,18). The minimum absolute atomic E-state index is 0.184. The zero-order valence-corrected chi connectivity index (χ0v) is 11.4. The number of nitrogens with two attached hydrogens (primary N) is 1. The van der Waals surface area contributed by atoms with Crippen molar-refractivity contribution < 1.29 is 14.6 Å². The Hall–Kier alpha value is -1.30. The number of benzene rings is 1. The first-order valence-corrected chi connectivity index (χ1v) is 6.51. The van der Waals surface area contributed by atoms with E-state index in [0.29, 0.717) is 36.7 Å². The molecular weight excluding hydrogens is 268 g/mol. The van der Waals surface area contributed by atoms with Gasteiger partial charge in [-0.15, -0.1) is 0 Å². The Morgan fingerprint density at radius 1 is 1.53 bits per heavy atom. The van der Waals surface area contributed by atoms with Crippen molar-refractivity contribution in [1.29, 1.82) is 0 Å². The van der Waals surface area contributed by atoms with Gasteiger partial charge in [-0.05, 0) is 31.2 Å². The van der Waals surface area contributed by atoms with Crippen LogP contribution < -0.4 is 15.8 Å². The first-order chi connectivity index (χ1) is 9.08. The van der Waals surface area contributed by atoms with Crippen molar-refractivity contribution in [1.82, 2.24) is 5.32 Å². The average Bonchev–Trinajstić information content (AvgIpc) is 2.35. The summed E-state index contributed by atoms with van der Waals surface area (Å²) >= 11 is 5.81. The van der Waals surface area contributed by atoms with E-state index in [1.807, 2.05) is 0 Å². The lowest BCUT2D eigenvalue weighted by Gasteiger charge is -2.13. The van der Waals surface area contributed by atoms with E-state index >= 15 is 0 Å². The minimum atomic E-state index is -0.618. The smallest absolute Gasteiger partial charge is 0.217 e. The highest BCUT2D eigenvalue weighted by atomic mass is 35.5. The lowest BCUT2D eigenvalue weighted by Crippen LogP contribution is -2.32. The van der Waals surface area contributed by atoms with Gasteiger partial charge in [0.1, 0.15) is 18.5 Å². The molecule has 0 spiro atoms. The zero-order chi connectivity index (χ0) is 14.1. The summed E-state index contributed by atoms with van der Waals surface area (Å²) in [6, 6.07) is 7.00. The quantitative estimate of drug-likeness (QED) is 0.590. The predicted octanol–water partition coefficient (Wildman–Crippen LogP) is 0.935. The maximum absolute atomic E-state index is 10.5. The number of halogens is 1. The van der Waals surface area contributed by atoms with Crippen molar-refractivity contribution in [3.05, 3.63) is 29.3 Å². The Labute approximate surface area is 117 Å². The van der Waals surface area contributed by atoms with Gasteiger partial charge in [-0.1, -0.05) is 17.7 Å². The number of primary amides is 1. The third kappa shape index (κ3) is 7.66. The van der Waals surface area contributed by atoms with Crippen LogP contribution in [0.2, 0.25) is 5.02 Å². The molecule has 1 aromatic carbocycles. The fourth-order valence-corrected chi connectivity index (χ4v) is 1.64. The summed E-state index contributed by atoms with van der Waals surface area (Å²) in [6.07, 6.45) is 0.395. The highest BCUT2D eigenvalue weighted by molar-refractivity contribution is 6.30. The van der Waals surface area contributed by atoms with E-state index < -0.39 is 6.10 Å². The maximum Gasteiger partial charge on any atom is 0.217 e. The number of carbonyl (C=O) groups excluding carboxylic acids is 1. The van der Waals surface area contributed by atoms with Gasteiger partial charge < -0.3 is 20.9 Å². The summed E-state index contributed by atoms with van der Waals surface area (Å²) in [5.74, 6) is 0.312. The highest BCUT2D eigenvalue weighted by Crippen LogP contribution is 2.17. The molecule has 6 heteroatoms. The molecule has 0 saturated heterocycles. The van der Waals surface area contributed by atoms with Crippen LogP contribution in [0.5, 0.6) is 5.75 Å². The maximum atomic E-state index is 10.5. The topological polar surface area (TPSA) is 84.6 Å². The van der Waals surface area contributed by atoms with Gasteiger partial charge in [0, 0.05) is 18.0 Å². The summed E-state index contributed by atoms with van der Waals surface area (Å²) < 4.78 is 5.40. The van der Waals surface area contributed by atoms with Crippen molar-refractivity contribution >= 4 is 17.5 Å². The lowest BCUT2D eigenvalue weighted by atomic mass is 10.3. The van der Waals surface area contributed by atoms with Crippen LogP contribution in [0.25, 0.3) is 0 Å². The molecule has 0 saturated carbocycles. The largest absolute Gasteiger partial charge is 0.491 e. The molecule has 0 aliphatic rings. The van der Waals surface area contributed by atoms with Crippen LogP contribution in [0.4, 0.5) is 0 Å². The minimum Gasteiger partial charge on any atom is -0.491 e. The van der Waals surface area contributed by atoms with Crippen molar-refractivity contribution in [2.24, 2.45) is 5.73 Å². The Kier molecular flexibility index (Phi) is 7.25. The zero-order valence-electron chi connectivity index (χ0n) is 10.6. The number of nitrogens with one attached hydrogen (secondary N) is 1. The molecule has 19 heavy (non-hydrogen) atoms. The second-order valence-electron chi connectivity index (χ2n) is 4.20. The van der Waals surface area contributed by atoms with Crippen LogP contribution in [0.3, 0.4) is 0 Å². The number of amides is 1. The van der Waals surface area contributed by atoms with Gasteiger partial charge in [0.2, 0.25) is 5.91 Å². The molecule has 1 unspecified atom stereocenters. The molecule has 0 aromatic heterocycles. The number of rotatable bonds is 9. The van der Waals surface area contributed by atoms with Gasteiger partial charge in [0.05, 0.1) is 0 Å². The lowest BCUT2D eigenvalue weighted by molar-refractivity contribution is -0.118. The Bertz CT molecular complexity index is 401. The first-order valence-electron chi connectivity index (χ1n) is 6.13. The molecule has 0 heterocycles. The normalized spacial score (nSPS) is 12.1. The second-order valence-corrected chi connectivity index (χ2v) is 4.63. The van der Waals surface area contributed by atoms with Crippen LogP contribution in [0, 0.1) is 0 Å². The molecule has 5 nitrogen and oxygen atoms in total. The van der Waals surface area contributed by atoms with E-state index in [2.05, 4.69) is 5.32 Å². The summed E-state index contributed by atoms with van der Waals surface area (Å²) in [7, 11) is 0. The van der Waals surface area contributed by atoms with Crippen molar-refractivity contribution in [2.75, 3.05) is 19.7 Å². The molecule has 4 N–H and O–H groups in total. The van der Waals surface area contributed by atoms with Gasteiger partial charge in [0.25, 0.3) is 0 Å². The number of hydrogen-bond donors (Lipinski definition) is 3. The highest BCUT2D eigenvalue weighted by Gasteiger charge is 2.05. The van der Waals surface area contributed by atoms with Crippen LogP contribution in [-0.2, 0) is 4.79 Å². The molecule has 1 amide bonds. The van der Waals surface area contributed by atoms with E-state index in [0.717, 1.165) is 0 Å². The Morgan fingerprint density at radius 3 is 3.00 bits per heavy atom. The van der Waals surface area contributed by atoms with Gasteiger partial charge in [-0.2, -0.15) is 0 Å². The van der Waals surface area contributed by atoms with Crippen LogP contribution in [0.15, 0.2) is 24.3 Å². The van der Waals surface area contributed by atoms with Gasteiger partial charge in [-0.3, -0.25) is 4.79 Å². The molecule has 0 fully saturated rings. The van der Waals surface area contributed by atoms with Gasteiger partial charge in [-0.25, -0.2) is 0 Å².